The van der Waals surface area contributed by atoms with Crippen molar-refractivity contribution in [2.45, 2.75) is 26.0 Å². The Morgan fingerprint density at radius 1 is 1.19 bits per heavy atom. The first-order valence-electron chi connectivity index (χ1n) is 10.5. The van der Waals surface area contributed by atoms with Crippen molar-refractivity contribution in [3.05, 3.63) is 42.0 Å². The molecule has 2 bridgehead atoms. The molecule has 4 unspecified atom stereocenters. The Balaban J connectivity index is 1.21. The molecule has 31 heavy (non-hydrogen) atoms. The van der Waals surface area contributed by atoms with Gasteiger partial charge in [0.05, 0.1) is 11.8 Å². The van der Waals surface area contributed by atoms with Gasteiger partial charge in [-0.1, -0.05) is 24.3 Å². The van der Waals surface area contributed by atoms with Gasteiger partial charge in [-0.15, -0.1) is 0 Å². The lowest BCUT2D eigenvalue weighted by atomic mass is 9.85. The number of likely N-dealkylation sites (tertiary alicyclic amines) is 1. The highest BCUT2D eigenvalue weighted by molar-refractivity contribution is 6.06. The first kappa shape index (κ1) is 21.3. The van der Waals surface area contributed by atoms with Crippen molar-refractivity contribution in [3.63, 3.8) is 0 Å². The predicted molar refractivity (Wildman–Crippen MR) is 110 cm³/mol. The van der Waals surface area contributed by atoms with Crippen LogP contribution in [0.2, 0.25) is 0 Å². The summed E-state index contributed by atoms with van der Waals surface area (Å²) in [5.74, 6) is 0.721. The lowest BCUT2D eigenvalue weighted by Gasteiger charge is -2.18. The molecule has 4 rings (SSSR count). The number of imide groups is 1. The van der Waals surface area contributed by atoms with E-state index >= 15 is 0 Å². The maximum atomic E-state index is 12.7. The van der Waals surface area contributed by atoms with E-state index in [1.54, 1.807) is 19.2 Å². The van der Waals surface area contributed by atoms with Crippen LogP contribution in [0.3, 0.4) is 0 Å². The number of carbonyl (C=O) groups is 2. The van der Waals surface area contributed by atoms with Crippen molar-refractivity contribution in [2.75, 3.05) is 20.1 Å². The first-order valence-corrected chi connectivity index (χ1v) is 10.5. The summed E-state index contributed by atoms with van der Waals surface area (Å²) in [5.41, 5.74) is 0.768. The minimum atomic E-state index is -2.86. The van der Waals surface area contributed by atoms with Gasteiger partial charge in [-0.3, -0.25) is 19.5 Å². The Kier molecular flexibility index (Phi) is 6.20. The van der Waals surface area contributed by atoms with Gasteiger partial charge in [0.25, 0.3) is 0 Å². The average molecular weight is 432 g/mol. The molecular formula is C22H26F2N4O3. The molecule has 1 heterocycles. The molecule has 1 saturated heterocycles. The summed E-state index contributed by atoms with van der Waals surface area (Å²) < 4.78 is 29.1. The number of amides is 2. The molecule has 2 aliphatic carbocycles. The summed E-state index contributed by atoms with van der Waals surface area (Å²) in [7, 11) is 1.63. The first-order chi connectivity index (χ1) is 15.0. The van der Waals surface area contributed by atoms with Crippen LogP contribution in [0.25, 0.3) is 0 Å². The van der Waals surface area contributed by atoms with E-state index in [9.17, 15) is 18.4 Å². The van der Waals surface area contributed by atoms with E-state index < -0.39 is 6.61 Å². The van der Waals surface area contributed by atoms with E-state index in [0.717, 1.165) is 12.0 Å². The average Bonchev–Trinajstić information content (AvgIpc) is 3.42. The summed E-state index contributed by atoms with van der Waals surface area (Å²) in [6.07, 6.45) is 5.72. The summed E-state index contributed by atoms with van der Waals surface area (Å²) >= 11 is 0. The van der Waals surface area contributed by atoms with Crippen LogP contribution in [0.1, 0.15) is 18.4 Å². The third-order valence-electron chi connectivity index (χ3n) is 6.22. The third-order valence-corrected chi connectivity index (χ3v) is 6.22. The Bertz CT molecular complexity index is 874. The number of benzene rings is 1. The molecule has 1 aliphatic heterocycles. The Labute approximate surface area is 179 Å². The number of allylic oxidation sites excluding steroid dienone is 2. The van der Waals surface area contributed by atoms with Crippen LogP contribution >= 0.6 is 0 Å². The molecule has 4 atom stereocenters. The summed E-state index contributed by atoms with van der Waals surface area (Å²) in [6, 6.07) is 6.45. The molecule has 2 N–H and O–H groups in total. The smallest absolute Gasteiger partial charge is 0.387 e. The summed E-state index contributed by atoms with van der Waals surface area (Å²) in [6.45, 7) is -1.56. The molecule has 7 nitrogen and oxygen atoms in total. The number of guanidine groups is 1. The van der Waals surface area contributed by atoms with Crippen molar-refractivity contribution in [2.24, 2.45) is 28.7 Å². The maximum Gasteiger partial charge on any atom is 0.387 e. The largest absolute Gasteiger partial charge is 0.435 e. The standard InChI is InChI=1S/C22H26F2N4O3/c1-25-22(27-12-13-4-2-5-16(10-13)31-21(23)24)26-8-3-9-28-19(29)17-14-6-7-15(11-14)18(17)20(28)30/h2,4-7,10,14-15,17-18,21H,3,8-9,11-12H2,1H3,(H2,25,26,27). The lowest BCUT2D eigenvalue weighted by Crippen LogP contribution is -2.39. The molecule has 1 saturated carbocycles. The van der Waals surface area contributed by atoms with Gasteiger partial charge in [-0.25, -0.2) is 0 Å². The maximum absolute atomic E-state index is 12.7. The number of carbonyl (C=O) groups excluding carboxylic acids is 2. The Morgan fingerprint density at radius 2 is 1.90 bits per heavy atom. The fourth-order valence-electron chi connectivity index (χ4n) is 4.87. The fraction of sp³-hybridized carbons (Fsp3) is 0.500. The van der Waals surface area contributed by atoms with E-state index in [1.165, 1.54) is 17.0 Å². The number of halogens is 2. The van der Waals surface area contributed by atoms with E-state index in [4.69, 9.17) is 0 Å². The second kappa shape index (κ2) is 9.03. The molecule has 0 radical (unpaired) electrons. The van der Waals surface area contributed by atoms with Crippen LogP contribution in [0.5, 0.6) is 5.75 Å². The number of ether oxygens (including phenoxy) is 1. The van der Waals surface area contributed by atoms with Gasteiger partial charge in [0.2, 0.25) is 11.8 Å². The van der Waals surface area contributed by atoms with Gasteiger partial charge in [0.1, 0.15) is 5.75 Å². The molecule has 2 amide bonds. The number of rotatable bonds is 8. The van der Waals surface area contributed by atoms with Crippen LogP contribution < -0.4 is 15.4 Å². The molecular weight excluding hydrogens is 406 g/mol. The molecule has 1 aromatic carbocycles. The van der Waals surface area contributed by atoms with E-state index in [1.807, 2.05) is 0 Å². The number of hydrogen-bond donors (Lipinski definition) is 2. The number of hydrogen-bond acceptors (Lipinski definition) is 4. The van der Waals surface area contributed by atoms with Crippen LogP contribution in [-0.2, 0) is 16.1 Å². The molecule has 166 valence electrons. The van der Waals surface area contributed by atoms with Crippen molar-refractivity contribution < 1.29 is 23.1 Å². The third kappa shape index (κ3) is 4.40. The Hall–Kier alpha value is -2.97. The van der Waals surface area contributed by atoms with E-state index in [2.05, 4.69) is 32.5 Å². The molecule has 1 aromatic rings. The van der Waals surface area contributed by atoms with Gasteiger partial charge in [0, 0.05) is 26.7 Å². The highest BCUT2D eigenvalue weighted by Crippen LogP contribution is 2.52. The molecule has 2 fully saturated rings. The second-order valence-corrected chi connectivity index (χ2v) is 8.06. The van der Waals surface area contributed by atoms with Gasteiger partial charge in [-0.2, -0.15) is 8.78 Å². The van der Waals surface area contributed by atoms with Crippen LogP contribution in [0.4, 0.5) is 8.78 Å². The molecule has 0 aromatic heterocycles. The number of aliphatic imine (C=N–C) groups is 1. The quantitative estimate of drug-likeness (QED) is 0.216. The monoisotopic (exact) mass is 432 g/mol. The van der Waals surface area contributed by atoms with Crippen molar-refractivity contribution in [3.8, 4) is 5.75 Å². The van der Waals surface area contributed by atoms with E-state index in [0.29, 0.717) is 32.0 Å². The van der Waals surface area contributed by atoms with Crippen LogP contribution in [-0.4, -0.2) is 49.4 Å². The zero-order valence-corrected chi connectivity index (χ0v) is 17.3. The molecule has 0 spiro atoms. The molecule has 3 aliphatic rings. The normalized spacial score (nSPS) is 26.7. The fourth-order valence-corrected chi connectivity index (χ4v) is 4.87. The number of nitrogens with zero attached hydrogens (tertiary/aromatic N) is 2. The summed E-state index contributed by atoms with van der Waals surface area (Å²) in [4.78, 5) is 30.9. The van der Waals surface area contributed by atoms with Crippen molar-refractivity contribution in [1.82, 2.24) is 15.5 Å². The SMILES string of the molecule is CN=C(NCCCN1C(=O)C2C3C=CC(C3)C2C1=O)NCc1cccc(OC(F)F)c1. The van der Waals surface area contributed by atoms with Crippen molar-refractivity contribution >= 4 is 17.8 Å². The van der Waals surface area contributed by atoms with E-state index in [-0.39, 0.29) is 41.2 Å². The Morgan fingerprint density at radius 3 is 2.55 bits per heavy atom. The highest BCUT2D eigenvalue weighted by atomic mass is 19.3. The van der Waals surface area contributed by atoms with Gasteiger partial charge < -0.3 is 15.4 Å². The zero-order chi connectivity index (χ0) is 22.0. The number of alkyl halides is 2. The predicted octanol–water partition coefficient (Wildman–Crippen LogP) is 2.15. The van der Waals surface area contributed by atoms with Crippen LogP contribution in [0, 0.1) is 23.7 Å². The summed E-state index contributed by atoms with van der Waals surface area (Å²) in [5, 5.41) is 6.25. The van der Waals surface area contributed by atoms with Gasteiger partial charge >= 0.3 is 6.61 Å². The van der Waals surface area contributed by atoms with Gasteiger partial charge in [-0.05, 0) is 42.4 Å². The highest BCUT2D eigenvalue weighted by Gasteiger charge is 2.58. The number of nitrogens with one attached hydrogen (secondary N) is 2. The van der Waals surface area contributed by atoms with Gasteiger partial charge in [0.15, 0.2) is 5.96 Å². The lowest BCUT2D eigenvalue weighted by molar-refractivity contribution is -0.140. The zero-order valence-electron chi connectivity index (χ0n) is 17.3. The topological polar surface area (TPSA) is 83.0 Å². The van der Waals surface area contributed by atoms with Crippen molar-refractivity contribution in [1.29, 1.82) is 0 Å². The minimum Gasteiger partial charge on any atom is -0.435 e. The second-order valence-electron chi connectivity index (χ2n) is 8.06. The number of fused-ring (bicyclic) bond motifs is 5. The van der Waals surface area contributed by atoms with Crippen LogP contribution in [0.15, 0.2) is 41.4 Å². The molecule has 9 heteroatoms. The minimum absolute atomic E-state index is 0.0275.